The lowest BCUT2D eigenvalue weighted by atomic mass is 10.0. The summed E-state index contributed by atoms with van der Waals surface area (Å²) < 4.78 is 0. The van der Waals surface area contributed by atoms with Crippen molar-refractivity contribution in [2.75, 3.05) is 14.1 Å². The summed E-state index contributed by atoms with van der Waals surface area (Å²) in [4.78, 5) is 2.15. The van der Waals surface area contributed by atoms with E-state index in [1.54, 1.807) is 0 Å². The molecule has 0 aliphatic carbocycles. The summed E-state index contributed by atoms with van der Waals surface area (Å²) in [6.45, 7) is 0. The van der Waals surface area contributed by atoms with Crippen molar-refractivity contribution in [3.8, 4) is 12.3 Å². The minimum absolute atomic E-state index is 0.339. The van der Waals surface area contributed by atoms with Crippen LogP contribution in [0.5, 0.6) is 0 Å². The van der Waals surface area contributed by atoms with Crippen LogP contribution in [0.3, 0.4) is 0 Å². The normalized spacial score (nSPS) is 12.5. The minimum Gasteiger partial charge on any atom is -0.301 e. The van der Waals surface area contributed by atoms with Crippen LogP contribution in [-0.4, -0.2) is 19.0 Å². The Balaban J connectivity index is 2.84. The highest BCUT2D eigenvalue weighted by Gasteiger charge is 2.11. The number of benzene rings is 1. The number of hydrogen-bond acceptors (Lipinski definition) is 1. The Kier molecular flexibility index (Phi) is 3.54. The zero-order chi connectivity index (χ0) is 9.68. The van der Waals surface area contributed by atoms with E-state index in [9.17, 15) is 0 Å². The van der Waals surface area contributed by atoms with Gasteiger partial charge in [-0.15, -0.1) is 12.3 Å². The largest absolute Gasteiger partial charge is 0.301 e. The van der Waals surface area contributed by atoms with Gasteiger partial charge in [-0.2, -0.15) is 0 Å². The van der Waals surface area contributed by atoms with Gasteiger partial charge in [-0.25, -0.2) is 0 Å². The van der Waals surface area contributed by atoms with E-state index >= 15 is 0 Å². The lowest BCUT2D eigenvalue weighted by Gasteiger charge is -2.22. The summed E-state index contributed by atoms with van der Waals surface area (Å²) >= 11 is 0. The zero-order valence-electron chi connectivity index (χ0n) is 8.20. The SMILES string of the molecule is C#CCC(c1ccccc1)N(C)C. The summed E-state index contributed by atoms with van der Waals surface area (Å²) in [6.07, 6.45) is 6.09. The highest BCUT2D eigenvalue weighted by molar-refractivity contribution is 5.20. The van der Waals surface area contributed by atoms with Crippen LogP contribution in [0.4, 0.5) is 0 Å². The van der Waals surface area contributed by atoms with Gasteiger partial charge in [-0.1, -0.05) is 30.3 Å². The molecule has 0 radical (unpaired) electrons. The molecule has 13 heavy (non-hydrogen) atoms. The molecule has 1 aromatic rings. The van der Waals surface area contributed by atoms with Crippen molar-refractivity contribution in [3.63, 3.8) is 0 Å². The van der Waals surface area contributed by atoms with E-state index in [-0.39, 0.29) is 0 Å². The lowest BCUT2D eigenvalue weighted by Crippen LogP contribution is -2.19. The van der Waals surface area contributed by atoms with E-state index in [1.807, 2.05) is 18.2 Å². The molecule has 1 unspecified atom stereocenters. The number of terminal acetylenes is 1. The molecule has 0 spiro atoms. The smallest absolute Gasteiger partial charge is 0.0451 e. The van der Waals surface area contributed by atoms with Gasteiger partial charge in [0.15, 0.2) is 0 Å². The number of hydrogen-bond donors (Lipinski definition) is 0. The maximum atomic E-state index is 5.33. The predicted octanol–water partition coefficient (Wildman–Crippen LogP) is 2.31. The third-order valence-electron chi connectivity index (χ3n) is 2.12. The zero-order valence-corrected chi connectivity index (χ0v) is 8.20. The standard InChI is InChI=1S/C12H15N/c1-4-8-12(13(2)3)11-9-6-5-7-10-11/h1,5-7,9-10,12H,8H2,2-3H3. The second-order valence-corrected chi connectivity index (χ2v) is 3.30. The first-order chi connectivity index (χ1) is 6.25. The third-order valence-corrected chi connectivity index (χ3v) is 2.12. The van der Waals surface area contributed by atoms with Crippen molar-refractivity contribution in [2.45, 2.75) is 12.5 Å². The van der Waals surface area contributed by atoms with Crippen molar-refractivity contribution in [1.82, 2.24) is 4.90 Å². The first kappa shape index (κ1) is 9.83. The first-order valence-electron chi connectivity index (χ1n) is 4.40. The predicted molar refractivity (Wildman–Crippen MR) is 56.3 cm³/mol. The molecular weight excluding hydrogens is 158 g/mol. The first-order valence-corrected chi connectivity index (χ1v) is 4.40. The molecule has 0 heterocycles. The molecule has 0 bridgehead atoms. The van der Waals surface area contributed by atoms with Gasteiger partial charge in [0.2, 0.25) is 0 Å². The van der Waals surface area contributed by atoms with Gasteiger partial charge in [-0.3, -0.25) is 0 Å². The van der Waals surface area contributed by atoms with Gasteiger partial charge in [-0.05, 0) is 19.7 Å². The lowest BCUT2D eigenvalue weighted by molar-refractivity contribution is 0.304. The Labute approximate surface area is 80.4 Å². The summed E-state index contributed by atoms with van der Waals surface area (Å²) in [6, 6.07) is 10.7. The van der Waals surface area contributed by atoms with Crippen LogP contribution < -0.4 is 0 Å². The molecule has 68 valence electrons. The molecule has 1 atom stereocenters. The van der Waals surface area contributed by atoms with Crippen molar-refractivity contribution >= 4 is 0 Å². The molecule has 0 saturated carbocycles. The van der Waals surface area contributed by atoms with Gasteiger partial charge in [0.25, 0.3) is 0 Å². The monoisotopic (exact) mass is 173 g/mol. The van der Waals surface area contributed by atoms with Crippen LogP contribution in [0.15, 0.2) is 30.3 Å². The fourth-order valence-electron chi connectivity index (χ4n) is 1.39. The van der Waals surface area contributed by atoms with Crippen LogP contribution in [0, 0.1) is 12.3 Å². The second-order valence-electron chi connectivity index (χ2n) is 3.30. The Morgan fingerprint density at radius 2 is 1.92 bits per heavy atom. The summed E-state index contributed by atoms with van der Waals surface area (Å²) in [5.41, 5.74) is 1.28. The Morgan fingerprint density at radius 1 is 1.31 bits per heavy atom. The van der Waals surface area contributed by atoms with E-state index in [2.05, 4.69) is 37.0 Å². The molecule has 1 aromatic carbocycles. The fourth-order valence-corrected chi connectivity index (χ4v) is 1.39. The Bertz CT molecular complexity index is 282. The van der Waals surface area contributed by atoms with E-state index < -0.39 is 0 Å². The second kappa shape index (κ2) is 4.69. The van der Waals surface area contributed by atoms with Crippen molar-refractivity contribution < 1.29 is 0 Å². The highest BCUT2D eigenvalue weighted by atomic mass is 15.1. The summed E-state index contributed by atoms with van der Waals surface area (Å²) in [5, 5.41) is 0. The molecule has 0 aliphatic heterocycles. The average Bonchev–Trinajstić information content (AvgIpc) is 2.15. The molecule has 0 N–H and O–H groups in total. The van der Waals surface area contributed by atoms with Gasteiger partial charge in [0.05, 0.1) is 0 Å². The van der Waals surface area contributed by atoms with Crippen LogP contribution in [0.2, 0.25) is 0 Å². The quantitative estimate of drug-likeness (QED) is 0.634. The van der Waals surface area contributed by atoms with E-state index in [0.717, 1.165) is 6.42 Å². The van der Waals surface area contributed by atoms with Crippen LogP contribution in [-0.2, 0) is 0 Å². The topological polar surface area (TPSA) is 3.24 Å². The van der Waals surface area contributed by atoms with Gasteiger partial charge < -0.3 is 4.90 Å². The number of nitrogens with zero attached hydrogens (tertiary/aromatic N) is 1. The van der Waals surface area contributed by atoms with Gasteiger partial charge in [0.1, 0.15) is 0 Å². The molecule has 1 rings (SSSR count). The maximum Gasteiger partial charge on any atom is 0.0451 e. The van der Waals surface area contributed by atoms with E-state index in [0.29, 0.717) is 6.04 Å². The fraction of sp³-hybridized carbons (Fsp3) is 0.333. The molecule has 0 aliphatic rings. The third kappa shape index (κ3) is 2.61. The number of rotatable bonds is 3. The van der Waals surface area contributed by atoms with E-state index in [1.165, 1.54) is 5.56 Å². The molecule has 1 nitrogen and oxygen atoms in total. The molecule has 1 heteroatoms. The summed E-state index contributed by atoms with van der Waals surface area (Å²) in [7, 11) is 4.10. The van der Waals surface area contributed by atoms with Gasteiger partial charge in [0, 0.05) is 12.5 Å². The average molecular weight is 173 g/mol. The van der Waals surface area contributed by atoms with Crippen molar-refractivity contribution in [1.29, 1.82) is 0 Å². The van der Waals surface area contributed by atoms with Crippen molar-refractivity contribution in [3.05, 3.63) is 35.9 Å². The summed E-state index contributed by atoms with van der Waals surface area (Å²) in [5.74, 6) is 2.71. The minimum atomic E-state index is 0.339. The van der Waals surface area contributed by atoms with Crippen LogP contribution in [0.1, 0.15) is 18.0 Å². The molecule has 0 amide bonds. The Hall–Kier alpha value is -1.26. The van der Waals surface area contributed by atoms with E-state index in [4.69, 9.17) is 6.42 Å². The maximum absolute atomic E-state index is 5.33. The molecular formula is C12H15N. The molecule has 0 saturated heterocycles. The van der Waals surface area contributed by atoms with Crippen LogP contribution in [0.25, 0.3) is 0 Å². The molecule has 0 aromatic heterocycles. The Morgan fingerprint density at radius 3 is 2.38 bits per heavy atom. The van der Waals surface area contributed by atoms with Crippen LogP contribution >= 0.6 is 0 Å². The highest BCUT2D eigenvalue weighted by Crippen LogP contribution is 2.20. The van der Waals surface area contributed by atoms with Crippen molar-refractivity contribution in [2.24, 2.45) is 0 Å². The molecule has 0 fully saturated rings. The van der Waals surface area contributed by atoms with Gasteiger partial charge >= 0.3 is 0 Å².